The van der Waals surface area contributed by atoms with Gasteiger partial charge in [-0.25, -0.2) is 0 Å². The smallest absolute Gasteiger partial charge is 0.115 e. The Morgan fingerprint density at radius 2 is 0.765 bits per heavy atom. The van der Waals surface area contributed by atoms with E-state index in [4.69, 9.17) is 0 Å². The van der Waals surface area contributed by atoms with Crippen LogP contribution in [0.4, 0.5) is 0 Å². The van der Waals surface area contributed by atoms with Crippen molar-refractivity contribution >= 4 is 0 Å². The van der Waals surface area contributed by atoms with E-state index in [1.165, 1.54) is 11.1 Å². The van der Waals surface area contributed by atoms with Crippen molar-refractivity contribution in [2.24, 2.45) is 0 Å². The molecule has 4 rings (SSSR count). The van der Waals surface area contributed by atoms with Crippen LogP contribution in [0, 0.1) is 0 Å². The molecule has 0 spiro atoms. The van der Waals surface area contributed by atoms with Crippen LogP contribution in [0.2, 0.25) is 0 Å². The van der Waals surface area contributed by atoms with E-state index in [-0.39, 0.29) is 28.6 Å². The molecule has 0 radical (unpaired) electrons. The highest BCUT2D eigenvalue weighted by Crippen LogP contribution is 2.42. The van der Waals surface area contributed by atoms with Crippen molar-refractivity contribution in [3.8, 4) is 17.2 Å². The van der Waals surface area contributed by atoms with Crippen LogP contribution in [0.25, 0.3) is 0 Å². The summed E-state index contributed by atoms with van der Waals surface area (Å²) in [7, 11) is 0. The van der Waals surface area contributed by atoms with E-state index in [9.17, 15) is 15.3 Å². The zero-order valence-corrected chi connectivity index (χ0v) is 20.2. The molecule has 34 heavy (non-hydrogen) atoms. The Morgan fingerprint density at radius 3 is 1.12 bits per heavy atom. The maximum Gasteiger partial charge on any atom is 0.115 e. The molecule has 0 fully saturated rings. The minimum absolute atomic E-state index is 0.119. The molecule has 0 bridgehead atoms. The molecule has 0 aliphatic heterocycles. The highest BCUT2D eigenvalue weighted by atomic mass is 16.3. The standard InChI is InChI=1S/C31H32O3/c1-21(30(2,3)23-9-15-27(32)16-10-23)22-5-7-24(8-6-22)31(4,25-11-17-28(33)18-12-25)26-13-19-29(34)20-14-26/h5-21,32-34H,1-4H3. The lowest BCUT2D eigenvalue weighted by Crippen LogP contribution is -2.26. The van der Waals surface area contributed by atoms with E-state index in [1.807, 2.05) is 36.4 Å². The van der Waals surface area contributed by atoms with Gasteiger partial charge in [0, 0.05) is 5.41 Å². The lowest BCUT2D eigenvalue weighted by molar-refractivity contribution is 0.434. The van der Waals surface area contributed by atoms with Crippen molar-refractivity contribution in [2.45, 2.75) is 44.4 Å². The number of hydrogen-bond donors (Lipinski definition) is 3. The summed E-state index contributed by atoms with van der Waals surface area (Å²) >= 11 is 0. The van der Waals surface area contributed by atoms with Crippen molar-refractivity contribution in [1.29, 1.82) is 0 Å². The summed E-state index contributed by atoms with van der Waals surface area (Å²) in [6.45, 7) is 8.87. The van der Waals surface area contributed by atoms with Gasteiger partial charge in [-0.3, -0.25) is 0 Å². The van der Waals surface area contributed by atoms with E-state index in [2.05, 4.69) is 52.0 Å². The van der Waals surface area contributed by atoms with Gasteiger partial charge in [-0.1, -0.05) is 81.4 Å². The minimum Gasteiger partial charge on any atom is -0.508 e. The Kier molecular flexibility index (Phi) is 6.14. The number of hydrogen-bond acceptors (Lipinski definition) is 3. The van der Waals surface area contributed by atoms with Crippen molar-refractivity contribution in [1.82, 2.24) is 0 Å². The molecular formula is C31H32O3. The second-order valence-electron chi connectivity index (χ2n) is 9.83. The minimum atomic E-state index is -0.463. The molecule has 4 aromatic rings. The predicted octanol–water partition coefficient (Wildman–Crippen LogP) is 7.24. The average Bonchev–Trinajstić information content (AvgIpc) is 2.84. The predicted molar refractivity (Wildman–Crippen MR) is 138 cm³/mol. The maximum absolute atomic E-state index is 9.84. The third kappa shape index (κ3) is 4.26. The van der Waals surface area contributed by atoms with Crippen molar-refractivity contribution < 1.29 is 15.3 Å². The first-order valence-corrected chi connectivity index (χ1v) is 11.6. The molecule has 3 heteroatoms. The van der Waals surface area contributed by atoms with Gasteiger partial charge in [-0.05, 0) is 82.5 Å². The van der Waals surface area contributed by atoms with Crippen molar-refractivity contribution in [3.05, 3.63) is 125 Å². The maximum atomic E-state index is 9.84. The van der Waals surface area contributed by atoms with Gasteiger partial charge in [0.15, 0.2) is 0 Å². The Hall–Kier alpha value is -3.72. The topological polar surface area (TPSA) is 60.7 Å². The number of phenols is 3. The fourth-order valence-corrected chi connectivity index (χ4v) is 4.75. The number of benzene rings is 4. The lowest BCUT2D eigenvalue weighted by atomic mass is 9.69. The number of rotatable bonds is 6. The molecule has 0 saturated carbocycles. The summed E-state index contributed by atoms with van der Waals surface area (Å²) in [4.78, 5) is 0. The van der Waals surface area contributed by atoms with Crippen LogP contribution < -0.4 is 0 Å². The molecule has 0 aliphatic carbocycles. The summed E-state index contributed by atoms with van der Waals surface area (Å²) in [6.07, 6.45) is 0. The third-order valence-electron chi connectivity index (χ3n) is 7.57. The normalized spacial score (nSPS) is 12.9. The molecule has 1 atom stereocenters. The molecule has 0 heterocycles. The summed E-state index contributed by atoms with van der Waals surface area (Å²) in [5.41, 5.74) is 5.08. The van der Waals surface area contributed by atoms with E-state index < -0.39 is 5.41 Å². The SMILES string of the molecule is CC(c1ccc(C(C)(c2ccc(O)cc2)c2ccc(O)cc2)cc1)C(C)(C)c1ccc(O)cc1. The van der Waals surface area contributed by atoms with Gasteiger partial charge in [0.05, 0.1) is 0 Å². The summed E-state index contributed by atoms with van der Waals surface area (Å²) in [6, 6.07) is 30.9. The Labute approximate surface area is 202 Å². The van der Waals surface area contributed by atoms with Crippen LogP contribution in [0.15, 0.2) is 97.1 Å². The monoisotopic (exact) mass is 452 g/mol. The van der Waals surface area contributed by atoms with Gasteiger partial charge in [-0.15, -0.1) is 0 Å². The van der Waals surface area contributed by atoms with E-state index in [0.717, 1.165) is 16.7 Å². The Morgan fingerprint density at radius 1 is 0.471 bits per heavy atom. The molecule has 0 amide bonds. The summed E-state index contributed by atoms with van der Waals surface area (Å²) in [5.74, 6) is 0.994. The second kappa shape index (κ2) is 8.90. The molecule has 4 aromatic carbocycles. The summed E-state index contributed by atoms with van der Waals surface area (Å²) in [5, 5.41) is 29.3. The van der Waals surface area contributed by atoms with E-state index in [0.29, 0.717) is 0 Å². The van der Waals surface area contributed by atoms with Gasteiger partial charge < -0.3 is 15.3 Å². The Bertz CT molecular complexity index is 1190. The van der Waals surface area contributed by atoms with Gasteiger partial charge in [0.25, 0.3) is 0 Å². The first-order chi connectivity index (χ1) is 16.1. The molecule has 0 aliphatic rings. The van der Waals surface area contributed by atoms with Gasteiger partial charge >= 0.3 is 0 Å². The van der Waals surface area contributed by atoms with Crippen LogP contribution in [0.3, 0.4) is 0 Å². The average molecular weight is 453 g/mol. The Balaban J connectivity index is 1.74. The number of aromatic hydroxyl groups is 3. The second-order valence-corrected chi connectivity index (χ2v) is 9.83. The first-order valence-electron chi connectivity index (χ1n) is 11.6. The molecule has 0 saturated heterocycles. The highest BCUT2D eigenvalue weighted by Gasteiger charge is 2.33. The van der Waals surface area contributed by atoms with Crippen LogP contribution in [0.5, 0.6) is 17.2 Å². The molecule has 174 valence electrons. The van der Waals surface area contributed by atoms with Gasteiger partial charge in [0.2, 0.25) is 0 Å². The van der Waals surface area contributed by atoms with Crippen LogP contribution in [-0.2, 0) is 10.8 Å². The molecule has 1 unspecified atom stereocenters. The van der Waals surface area contributed by atoms with Crippen LogP contribution >= 0.6 is 0 Å². The molecule has 3 N–H and O–H groups in total. The zero-order valence-electron chi connectivity index (χ0n) is 20.2. The zero-order chi connectivity index (χ0) is 24.5. The molecule has 0 aromatic heterocycles. The van der Waals surface area contributed by atoms with Crippen LogP contribution in [-0.4, -0.2) is 15.3 Å². The largest absolute Gasteiger partial charge is 0.508 e. The number of phenolic OH excluding ortho intramolecular Hbond substituents is 3. The third-order valence-corrected chi connectivity index (χ3v) is 7.57. The molecular weight excluding hydrogens is 420 g/mol. The summed E-state index contributed by atoms with van der Waals surface area (Å²) < 4.78 is 0. The lowest BCUT2D eigenvalue weighted by Gasteiger charge is -2.35. The fraction of sp³-hybridized carbons (Fsp3) is 0.226. The van der Waals surface area contributed by atoms with Crippen molar-refractivity contribution in [2.75, 3.05) is 0 Å². The van der Waals surface area contributed by atoms with Crippen molar-refractivity contribution in [3.63, 3.8) is 0 Å². The quantitative estimate of drug-likeness (QED) is 0.270. The first kappa shape index (κ1) is 23.4. The van der Waals surface area contributed by atoms with Gasteiger partial charge in [-0.2, -0.15) is 0 Å². The van der Waals surface area contributed by atoms with Gasteiger partial charge in [0.1, 0.15) is 17.2 Å². The highest BCUT2D eigenvalue weighted by molar-refractivity contribution is 5.52. The van der Waals surface area contributed by atoms with E-state index in [1.54, 1.807) is 36.4 Å². The fourth-order valence-electron chi connectivity index (χ4n) is 4.75. The van der Waals surface area contributed by atoms with Crippen LogP contribution in [0.1, 0.15) is 61.4 Å². The van der Waals surface area contributed by atoms with E-state index >= 15 is 0 Å². The molecule has 3 nitrogen and oxygen atoms in total.